The van der Waals surface area contributed by atoms with Gasteiger partial charge in [-0.2, -0.15) is 4.98 Å². The molecule has 1 aliphatic heterocycles. The Morgan fingerprint density at radius 1 is 1.20 bits per heavy atom. The standard InChI is InChI=1S/C14H20N4O2/c1-2-5-17-6-8-18(9-7-17)11-13-15-14(16-20-13)12-4-3-10-19-12/h3-4,10H,2,5-9,11H2,1H3. The zero-order valence-corrected chi connectivity index (χ0v) is 11.8. The van der Waals surface area contributed by atoms with Crippen LogP contribution in [0.1, 0.15) is 19.2 Å². The van der Waals surface area contributed by atoms with E-state index in [1.54, 1.807) is 6.26 Å². The van der Waals surface area contributed by atoms with E-state index >= 15 is 0 Å². The van der Waals surface area contributed by atoms with Gasteiger partial charge in [-0.1, -0.05) is 12.1 Å². The summed E-state index contributed by atoms with van der Waals surface area (Å²) < 4.78 is 10.5. The van der Waals surface area contributed by atoms with Crippen molar-refractivity contribution in [3.8, 4) is 11.6 Å². The van der Waals surface area contributed by atoms with Gasteiger partial charge in [-0.05, 0) is 25.1 Å². The third-order valence-electron chi connectivity index (χ3n) is 3.57. The first-order valence-corrected chi connectivity index (χ1v) is 7.16. The summed E-state index contributed by atoms with van der Waals surface area (Å²) in [6.07, 6.45) is 2.83. The highest BCUT2D eigenvalue weighted by Gasteiger charge is 2.19. The fourth-order valence-corrected chi connectivity index (χ4v) is 2.50. The van der Waals surface area contributed by atoms with Gasteiger partial charge in [-0.15, -0.1) is 0 Å². The second-order valence-corrected chi connectivity index (χ2v) is 5.11. The Labute approximate surface area is 118 Å². The van der Waals surface area contributed by atoms with E-state index < -0.39 is 0 Å². The molecular formula is C14H20N4O2. The van der Waals surface area contributed by atoms with Gasteiger partial charge in [0.25, 0.3) is 0 Å². The third-order valence-corrected chi connectivity index (χ3v) is 3.57. The number of piperazine rings is 1. The van der Waals surface area contributed by atoms with Crippen molar-refractivity contribution in [3.05, 3.63) is 24.3 Å². The van der Waals surface area contributed by atoms with Crippen molar-refractivity contribution >= 4 is 0 Å². The van der Waals surface area contributed by atoms with Crippen LogP contribution in [0.4, 0.5) is 0 Å². The minimum absolute atomic E-state index is 0.523. The fraction of sp³-hybridized carbons (Fsp3) is 0.571. The van der Waals surface area contributed by atoms with Crippen molar-refractivity contribution in [1.82, 2.24) is 19.9 Å². The molecule has 0 bridgehead atoms. The highest BCUT2D eigenvalue weighted by atomic mass is 16.5. The van der Waals surface area contributed by atoms with Gasteiger partial charge in [0.1, 0.15) is 0 Å². The van der Waals surface area contributed by atoms with Crippen LogP contribution in [0.25, 0.3) is 11.6 Å². The lowest BCUT2D eigenvalue weighted by molar-refractivity contribution is 0.117. The largest absolute Gasteiger partial charge is 0.461 e. The van der Waals surface area contributed by atoms with Gasteiger partial charge < -0.3 is 13.8 Å². The van der Waals surface area contributed by atoms with Crippen LogP contribution in [0.15, 0.2) is 27.3 Å². The number of nitrogens with zero attached hydrogens (tertiary/aromatic N) is 4. The van der Waals surface area contributed by atoms with Crippen molar-refractivity contribution < 1.29 is 8.94 Å². The van der Waals surface area contributed by atoms with Crippen molar-refractivity contribution in [3.63, 3.8) is 0 Å². The molecule has 1 aliphatic rings. The summed E-state index contributed by atoms with van der Waals surface area (Å²) in [6.45, 7) is 8.47. The maximum absolute atomic E-state index is 5.29. The molecule has 0 unspecified atom stereocenters. The maximum atomic E-state index is 5.29. The summed E-state index contributed by atoms with van der Waals surface area (Å²) in [4.78, 5) is 9.23. The average Bonchev–Trinajstić information content (AvgIpc) is 3.12. The van der Waals surface area contributed by atoms with Gasteiger partial charge in [0.05, 0.1) is 12.8 Å². The van der Waals surface area contributed by atoms with Crippen LogP contribution >= 0.6 is 0 Å². The van der Waals surface area contributed by atoms with Crippen LogP contribution in [0.5, 0.6) is 0 Å². The van der Waals surface area contributed by atoms with E-state index in [0.717, 1.165) is 26.2 Å². The van der Waals surface area contributed by atoms with Crippen LogP contribution < -0.4 is 0 Å². The van der Waals surface area contributed by atoms with E-state index in [9.17, 15) is 0 Å². The third kappa shape index (κ3) is 3.08. The summed E-state index contributed by atoms with van der Waals surface area (Å²) in [7, 11) is 0. The minimum Gasteiger partial charge on any atom is -0.461 e. The smallest absolute Gasteiger partial charge is 0.241 e. The molecule has 108 valence electrons. The minimum atomic E-state index is 0.523. The second kappa shape index (κ2) is 6.19. The van der Waals surface area contributed by atoms with Crippen LogP contribution in [-0.4, -0.2) is 52.7 Å². The first-order valence-electron chi connectivity index (χ1n) is 7.16. The summed E-state index contributed by atoms with van der Waals surface area (Å²) in [5, 5.41) is 3.95. The normalized spacial score (nSPS) is 17.6. The predicted octanol–water partition coefficient (Wildman–Crippen LogP) is 1.86. The molecule has 2 aromatic heterocycles. The molecule has 2 aromatic rings. The first-order chi connectivity index (χ1) is 9.85. The fourth-order valence-electron chi connectivity index (χ4n) is 2.50. The van der Waals surface area contributed by atoms with E-state index in [1.807, 2.05) is 12.1 Å². The molecule has 0 amide bonds. The quantitative estimate of drug-likeness (QED) is 0.830. The molecule has 1 fully saturated rings. The SMILES string of the molecule is CCCN1CCN(Cc2nc(-c3ccco3)no2)CC1. The molecule has 0 spiro atoms. The molecule has 3 heterocycles. The van der Waals surface area contributed by atoms with Gasteiger partial charge in [-0.3, -0.25) is 4.90 Å². The van der Waals surface area contributed by atoms with Crippen molar-refractivity contribution in [2.45, 2.75) is 19.9 Å². The molecule has 0 aromatic carbocycles. The van der Waals surface area contributed by atoms with Crippen molar-refractivity contribution in [1.29, 1.82) is 0 Å². The maximum Gasteiger partial charge on any atom is 0.241 e. The Morgan fingerprint density at radius 3 is 2.70 bits per heavy atom. The first kappa shape index (κ1) is 13.3. The molecule has 0 N–H and O–H groups in total. The molecule has 0 saturated carbocycles. The van der Waals surface area contributed by atoms with E-state index in [2.05, 4.69) is 26.9 Å². The van der Waals surface area contributed by atoms with E-state index in [-0.39, 0.29) is 0 Å². The molecule has 6 heteroatoms. The van der Waals surface area contributed by atoms with E-state index in [4.69, 9.17) is 8.94 Å². The van der Waals surface area contributed by atoms with Crippen LogP contribution in [-0.2, 0) is 6.54 Å². The molecule has 3 rings (SSSR count). The Bertz CT molecular complexity index is 515. The summed E-state index contributed by atoms with van der Waals surface area (Å²) >= 11 is 0. The zero-order valence-electron chi connectivity index (χ0n) is 11.8. The summed E-state index contributed by atoms with van der Waals surface area (Å²) in [5.74, 6) is 1.82. The van der Waals surface area contributed by atoms with Gasteiger partial charge >= 0.3 is 0 Å². The lowest BCUT2D eigenvalue weighted by Crippen LogP contribution is -2.46. The van der Waals surface area contributed by atoms with Gasteiger partial charge in [-0.25, -0.2) is 0 Å². The van der Waals surface area contributed by atoms with Gasteiger partial charge in [0.15, 0.2) is 5.76 Å². The Morgan fingerprint density at radius 2 is 2.00 bits per heavy atom. The molecule has 1 saturated heterocycles. The zero-order chi connectivity index (χ0) is 13.8. The second-order valence-electron chi connectivity index (χ2n) is 5.11. The van der Waals surface area contributed by atoms with Crippen molar-refractivity contribution in [2.75, 3.05) is 32.7 Å². The Kier molecular flexibility index (Phi) is 4.13. The summed E-state index contributed by atoms with van der Waals surface area (Å²) in [5.41, 5.74) is 0. The highest BCUT2D eigenvalue weighted by molar-refractivity contribution is 5.44. The molecular weight excluding hydrogens is 256 g/mol. The number of aromatic nitrogens is 2. The molecule has 0 aliphatic carbocycles. The number of hydrogen-bond donors (Lipinski definition) is 0. The van der Waals surface area contributed by atoms with Gasteiger partial charge in [0, 0.05) is 26.2 Å². The molecule has 0 radical (unpaired) electrons. The predicted molar refractivity (Wildman–Crippen MR) is 74.0 cm³/mol. The van der Waals surface area contributed by atoms with Gasteiger partial charge in [0.2, 0.25) is 11.7 Å². The van der Waals surface area contributed by atoms with E-state index in [0.29, 0.717) is 24.0 Å². The van der Waals surface area contributed by atoms with Crippen LogP contribution in [0.2, 0.25) is 0 Å². The Balaban J connectivity index is 1.54. The molecule has 0 atom stereocenters. The van der Waals surface area contributed by atoms with Crippen molar-refractivity contribution in [2.24, 2.45) is 0 Å². The highest BCUT2D eigenvalue weighted by Crippen LogP contribution is 2.16. The monoisotopic (exact) mass is 276 g/mol. The summed E-state index contributed by atoms with van der Waals surface area (Å²) in [6, 6.07) is 3.65. The lowest BCUT2D eigenvalue weighted by atomic mass is 10.3. The number of rotatable bonds is 5. The van der Waals surface area contributed by atoms with Crippen LogP contribution in [0.3, 0.4) is 0 Å². The van der Waals surface area contributed by atoms with Crippen LogP contribution in [0, 0.1) is 0 Å². The topological polar surface area (TPSA) is 58.5 Å². The van der Waals surface area contributed by atoms with E-state index in [1.165, 1.54) is 13.0 Å². The number of furan rings is 1. The number of hydrogen-bond acceptors (Lipinski definition) is 6. The molecule has 20 heavy (non-hydrogen) atoms. The lowest BCUT2D eigenvalue weighted by Gasteiger charge is -2.33. The Hall–Kier alpha value is -1.66. The molecule has 6 nitrogen and oxygen atoms in total. The average molecular weight is 276 g/mol.